The number of rotatable bonds is 18. The van der Waals surface area contributed by atoms with Crippen molar-refractivity contribution in [3.05, 3.63) is 24.3 Å². The van der Waals surface area contributed by atoms with Crippen LogP contribution >= 0.6 is 0 Å². The molecule has 21 nitrogen and oxygen atoms in total. The van der Waals surface area contributed by atoms with Crippen molar-refractivity contribution >= 4 is 5.97 Å². The van der Waals surface area contributed by atoms with E-state index < -0.39 is 141 Å². The molecule has 0 amide bonds. The molecule has 4 heterocycles. The van der Waals surface area contributed by atoms with E-state index in [1.54, 1.807) is 6.92 Å². The highest BCUT2D eigenvalue weighted by molar-refractivity contribution is 5.87. The van der Waals surface area contributed by atoms with E-state index in [0.717, 1.165) is 57.8 Å². The fraction of sp³-hybridized carbons (Fsp3) is 0.914. The molecule has 27 unspecified atom stereocenters. The van der Waals surface area contributed by atoms with Gasteiger partial charge in [0, 0.05) is 11.0 Å². The molecule has 12 N–H and O–H groups in total. The molecule has 0 bridgehead atoms. The van der Waals surface area contributed by atoms with E-state index in [-0.39, 0.29) is 58.9 Å². The SMILES string of the molecule is C=CC(C)(O)CCC=C(C)C(=O)OC1C(OCC2OC(OC3CCC4(C)C(CCC5(C)C4CCC4C(C6(C)CCC(C(C)(C)O)O6)CCC45C)C3(C)CO)C(O)C(O)C2O)OC(CO)C(O)C1OC1OC(CO)C(O)C(O)C1O. The van der Waals surface area contributed by atoms with Gasteiger partial charge in [-0.15, -0.1) is 6.58 Å². The van der Waals surface area contributed by atoms with Gasteiger partial charge in [0.2, 0.25) is 0 Å². The van der Waals surface area contributed by atoms with Crippen LogP contribution < -0.4 is 0 Å². The van der Waals surface area contributed by atoms with Crippen LogP contribution in [0.15, 0.2) is 24.3 Å². The Labute approximate surface area is 465 Å². The minimum atomic E-state index is -1.96. The van der Waals surface area contributed by atoms with E-state index in [1.165, 1.54) is 19.1 Å². The smallest absolute Gasteiger partial charge is 0.333 e. The molecule has 8 aliphatic rings. The Bertz CT molecular complexity index is 2140. The van der Waals surface area contributed by atoms with Gasteiger partial charge >= 0.3 is 5.97 Å². The molecule has 4 aliphatic heterocycles. The molecule has 0 aromatic rings. The topological polar surface area (TPSA) is 334 Å². The van der Waals surface area contributed by atoms with Crippen LogP contribution in [0.4, 0.5) is 0 Å². The van der Waals surface area contributed by atoms with Crippen molar-refractivity contribution in [1.82, 2.24) is 0 Å². The largest absolute Gasteiger partial charge is 0.451 e. The van der Waals surface area contributed by atoms with Gasteiger partial charge in [-0.2, -0.15) is 0 Å². The first-order valence-corrected chi connectivity index (χ1v) is 29.0. The molecule has 8 fully saturated rings. The first-order valence-electron chi connectivity index (χ1n) is 29.0. The summed E-state index contributed by atoms with van der Waals surface area (Å²) < 4.78 is 49.4. The molecule has 454 valence electrons. The van der Waals surface area contributed by atoms with Gasteiger partial charge in [0.15, 0.2) is 25.0 Å². The van der Waals surface area contributed by atoms with Crippen LogP contribution in [-0.2, 0) is 42.7 Å². The van der Waals surface area contributed by atoms with Gasteiger partial charge in [-0.3, -0.25) is 0 Å². The Hall–Kier alpha value is -1.81. The van der Waals surface area contributed by atoms with Crippen molar-refractivity contribution in [2.75, 3.05) is 26.4 Å². The average molecular weight is 1130 g/mol. The summed E-state index contributed by atoms with van der Waals surface area (Å²) in [7, 11) is 0. The zero-order valence-corrected chi connectivity index (χ0v) is 47.8. The third-order valence-corrected chi connectivity index (χ3v) is 21.8. The van der Waals surface area contributed by atoms with Gasteiger partial charge in [0.1, 0.15) is 67.1 Å². The number of carbonyl (C=O) groups is 1. The lowest BCUT2D eigenvalue weighted by molar-refractivity contribution is -0.368. The van der Waals surface area contributed by atoms with Crippen LogP contribution in [0.5, 0.6) is 0 Å². The normalized spacial score (nSPS) is 50.2. The first kappa shape index (κ1) is 63.2. The van der Waals surface area contributed by atoms with Crippen LogP contribution in [-0.4, -0.2) is 215 Å². The fourth-order valence-electron chi connectivity index (χ4n) is 16.6. The number of ether oxygens (including phenoxy) is 8. The molecule has 4 saturated carbocycles. The summed E-state index contributed by atoms with van der Waals surface area (Å²) in [5, 5.41) is 131. The van der Waals surface area contributed by atoms with Crippen molar-refractivity contribution in [3.8, 4) is 0 Å². The molecule has 4 aliphatic carbocycles. The standard InChI is InChI=1S/C58H96O21/c1-11-53(5,71)20-12-13-29(2)48(69)77-47-46(78-50-45(68)42(65)39(62)32(25-59)73-50)41(64)33(26-60)74-51(47)72-27-34-40(63)43(66)44(67)49(75-34)76-38-18-21-54(6)35(55(38,7)28-61)17-23-57(9)36(54)15-14-30-31(16-22-56(30,57)8)58(10)24-19-37(79-58)52(3,4)70/h11,13,30-47,49-51,59-68,70-71H,1,12,14-28H2,2-10H3. The van der Waals surface area contributed by atoms with E-state index in [9.17, 15) is 66.1 Å². The number of aliphatic hydroxyl groups excluding tert-OH is 10. The lowest BCUT2D eigenvalue weighted by Crippen LogP contribution is -2.67. The summed E-state index contributed by atoms with van der Waals surface area (Å²) in [5.74, 6) is 0.234. The van der Waals surface area contributed by atoms with Crippen LogP contribution in [0.3, 0.4) is 0 Å². The molecule has 0 aromatic carbocycles. The first-order chi connectivity index (χ1) is 36.9. The predicted octanol–water partition coefficient (Wildman–Crippen LogP) is 1.40. The Kier molecular flexibility index (Phi) is 18.9. The minimum absolute atomic E-state index is 0.00539. The monoisotopic (exact) mass is 1130 g/mol. The second kappa shape index (κ2) is 23.6. The van der Waals surface area contributed by atoms with Crippen LogP contribution in [0.1, 0.15) is 139 Å². The lowest BCUT2D eigenvalue weighted by atomic mass is 9.35. The zero-order chi connectivity index (χ0) is 58.2. The fourth-order valence-corrected chi connectivity index (χ4v) is 16.6. The molecule has 79 heavy (non-hydrogen) atoms. The van der Waals surface area contributed by atoms with Crippen molar-refractivity contribution in [3.63, 3.8) is 0 Å². The highest BCUT2D eigenvalue weighted by Gasteiger charge is 2.71. The van der Waals surface area contributed by atoms with E-state index in [4.69, 9.17) is 37.9 Å². The van der Waals surface area contributed by atoms with Crippen molar-refractivity contribution in [2.24, 2.45) is 45.3 Å². The summed E-state index contributed by atoms with van der Waals surface area (Å²) in [5.41, 5.74) is -3.36. The number of esters is 1. The van der Waals surface area contributed by atoms with Gasteiger partial charge in [-0.25, -0.2) is 4.79 Å². The van der Waals surface area contributed by atoms with Crippen molar-refractivity contribution in [1.29, 1.82) is 0 Å². The Morgan fingerprint density at radius 1 is 0.646 bits per heavy atom. The summed E-state index contributed by atoms with van der Waals surface area (Å²) in [6.07, 6.45) is -14.5. The number of aliphatic hydroxyl groups is 12. The molecule has 0 aromatic heterocycles. The molecule has 27 atom stereocenters. The second-order valence-electron chi connectivity index (χ2n) is 27.0. The predicted molar refractivity (Wildman–Crippen MR) is 281 cm³/mol. The average Bonchev–Trinajstić information content (AvgIpc) is 3.87. The Balaban J connectivity index is 0.988. The zero-order valence-electron chi connectivity index (χ0n) is 47.8. The maximum atomic E-state index is 13.8. The quantitative estimate of drug-likeness (QED) is 0.0399. The molecular weight excluding hydrogens is 1030 g/mol. The molecular formula is C58H96O21. The van der Waals surface area contributed by atoms with E-state index in [1.807, 2.05) is 20.8 Å². The maximum Gasteiger partial charge on any atom is 0.333 e. The van der Waals surface area contributed by atoms with Crippen LogP contribution in [0, 0.1) is 45.3 Å². The third-order valence-electron chi connectivity index (χ3n) is 21.8. The number of allylic oxidation sites excluding steroid dienone is 1. The van der Waals surface area contributed by atoms with Gasteiger partial charge in [0.05, 0.1) is 55.4 Å². The Morgan fingerprint density at radius 3 is 1.85 bits per heavy atom. The van der Waals surface area contributed by atoms with Gasteiger partial charge < -0.3 is 99.2 Å². The molecule has 8 rings (SSSR count). The highest BCUT2D eigenvalue weighted by atomic mass is 16.8. The summed E-state index contributed by atoms with van der Waals surface area (Å²) in [4.78, 5) is 13.8. The van der Waals surface area contributed by atoms with Crippen molar-refractivity contribution in [2.45, 2.75) is 260 Å². The van der Waals surface area contributed by atoms with Gasteiger partial charge in [-0.1, -0.05) is 39.8 Å². The molecule has 0 radical (unpaired) electrons. The van der Waals surface area contributed by atoms with Crippen LogP contribution in [0.25, 0.3) is 0 Å². The lowest BCUT2D eigenvalue weighted by Gasteiger charge is -2.70. The number of carbonyl (C=O) groups excluding carboxylic acids is 1. The van der Waals surface area contributed by atoms with E-state index in [0.29, 0.717) is 24.2 Å². The number of fused-ring (bicyclic) bond motifs is 5. The second-order valence-corrected chi connectivity index (χ2v) is 27.0. The van der Waals surface area contributed by atoms with Crippen molar-refractivity contribution < 1.29 is 104 Å². The van der Waals surface area contributed by atoms with Gasteiger partial charge in [-0.05, 0) is 152 Å². The third kappa shape index (κ3) is 11.5. The minimum Gasteiger partial charge on any atom is -0.451 e. The molecule has 4 saturated heterocycles. The van der Waals surface area contributed by atoms with Gasteiger partial charge in [0.25, 0.3) is 0 Å². The maximum absolute atomic E-state index is 13.8. The van der Waals surface area contributed by atoms with E-state index >= 15 is 0 Å². The molecule has 0 spiro atoms. The number of hydrogen-bond acceptors (Lipinski definition) is 21. The molecule has 21 heteroatoms. The van der Waals surface area contributed by atoms with Crippen LogP contribution in [0.2, 0.25) is 0 Å². The summed E-state index contributed by atoms with van der Waals surface area (Å²) >= 11 is 0. The number of hydrogen-bond donors (Lipinski definition) is 12. The Morgan fingerprint density at radius 2 is 1.24 bits per heavy atom. The van der Waals surface area contributed by atoms with E-state index in [2.05, 4.69) is 34.3 Å². The summed E-state index contributed by atoms with van der Waals surface area (Å²) in [6, 6.07) is 0. The summed E-state index contributed by atoms with van der Waals surface area (Å²) in [6.45, 7) is 19.4. The highest BCUT2D eigenvalue weighted by Crippen LogP contribution is 2.76.